The Bertz CT molecular complexity index is 2700. The Labute approximate surface area is 411 Å². The molecular weight excluding hydrogens is 916 g/mol. The minimum Gasteiger partial charge on any atom is -0.464 e. The van der Waals surface area contributed by atoms with Crippen LogP contribution in [0.2, 0.25) is 0 Å². The Kier molecular flexibility index (Phi) is 13.9. The topological polar surface area (TPSA) is 181 Å². The predicted octanol–water partition coefficient (Wildman–Crippen LogP) is 7.09. The third-order valence-electron chi connectivity index (χ3n) is 14.9. The molecule has 16 nitrogen and oxygen atoms in total. The minimum absolute atomic E-state index is 0.0525. The molecule has 372 valence electrons. The van der Waals surface area contributed by atoms with E-state index in [4.69, 9.17) is 33.7 Å². The highest BCUT2D eigenvalue weighted by Crippen LogP contribution is 2.53. The molecule has 8 heterocycles. The molecule has 1 aromatic carbocycles. The summed E-state index contributed by atoms with van der Waals surface area (Å²) in [6.07, 6.45) is 5.46. The van der Waals surface area contributed by atoms with Crippen molar-refractivity contribution in [3.63, 3.8) is 0 Å². The molecule has 8 atom stereocenters. The van der Waals surface area contributed by atoms with Crippen molar-refractivity contribution in [3.05, 3.63) is 82.5 Å². The number of hydrazine groups is 1. The van der Waals surface area contributed by atoms with E-state index in [0.717, 1.165) is 57.5 Å². The monoisotopic (exact) mass is 978 g/mol. The third kappa shape index (κ3) is 9.62. The highest BCUT2D eigenvalue weighted by Gasteiger charge is 2.56. The van der Waals surface area contributed by atoms with Gasteiger partial charge in [0.15, 0.2) is 0 Å². The average molecular weight is 979 g/mol. The van der Waals surface area contributed by atoms with Gasteiger partial charge in [-0.2, -0.15) is 0 Å². The van der Waals surface area contributed by atoms with E-state index in [9.17, 15) is 14.0 Å². The molecule has 4 aromatic heterocycles. The van der Waals surface area contributed by atoms with Gasteiger partial charge in [0.1, 0.15) is 35.7 Å². The van der Waals surface area contributed by atoms with E-state index in [-0.39, 0.29) is 55.1 Å². The number of halogens is 1. The molecule has 0 spiro atoms. The van der Waals surface area contributed by atoms with Gasteiger partial charge in [0.2, 0.25) is 5.91 Å². The summed E-state index contributed by atoms with van der Waals surface area (Å²) < 4.78 is 47.9. The largest absolute Gasteiger partial charge is 0.464 e. The van der Waals surface area contributed by atoms with Crippen LogP contribution in [0.25, 0.3) is 33.4 Å². The molecular formula is C52H63FN8O8S. The summed E-state index contributed by atoms with van der Waals surface area (Å²) in [6, 6.07) is 9.73. The van der Waals surface area contributed by atoms with Gasteiger partial charge in [0.05, 0.1) is 49.1 Å². The first-order valence-electron chi connectivity index (χ1n) is 24.7. The van der Waals surface area contributed by atoms with Crippen molar-refractivity contribution in [3.8, 4) is 22.5 Å². The molecule has 11 rings (SSSR count). The van der Waals surface area contributed by atoms with Crippen LogP contribution in [0.1, 0.15) is 100 Å². The lowest BCUT2D eigenvalue weighted by Gasteiger charge is -2.53. The molecule has 2 aliphatic carbocycles. The molecule has 4 aliphatic heterocycles. The number of rotatable bonds is 13. The fourth-order valence-corrected chi connectivity index (χ4v) is 11.8. The van der Waals surface area contributed by atoms with E-state index in [1.54, 1.807) is 25.6 Å². The number of nitrogens with one attached hydrogen (secondary N) is 2. The Morgan fingerprint density at radius 3 is 2.66 bits per heavy atom. The fourth-order valence-electron chi connectivity index (χ4n) is 10.9. The number of alkyl halides is 1. The molecule has 8 bridgehead atoms. The molecule has 2 N–H and O–H groups in total. The first kappa shape index (κ1) is 48.4. The molecule has 2 saturated carbocycles. The lowest BCUT2D eigenvalue weighted by Crippen LogP contribution is -2.72. The van der Waals surface area contributed by atoms with E-state index >= 15 is 4.79 Å². The van der Waals surface area contributed by atoms with E-state index in [0.29, 0.717) is 56.3 Å². The standard InChI is InChI=1S/C52H63FN8O8S/c1-28(53)24-68-47-45(58-48(62)42-29(2)41(42)38-11-15-54-27-56-38)50(63)61-33-20-32(21-33)44(59-61)51(64)69-26-52(4,5)23-37-36-22-31(39-25-70-49(47)57-39)9-10-40(36)60(16-19-67-34-12-17-66-18-13-34)46(37)35-8-7-14-55-43(35)30(3)65-6/h7-11,14-15,22,25,27-30,32-34,41-42,44-45,47,59H,12-13,16-21,23-24,26H2,1-6H3,(H,58,62)/t28-,29-,30-,32?,33?,41-,42+,44-,45-,47-/m0/s1. The molecule has 3 saturated heterocycles. The first-order valence-corrected chi connectivity index (χ1v) is 25.5. The van der Waals surface area contributed by atoms with Crippen molar-refractivity contribution >= 4 is 40.0 Å². The first-order chi connectivity index (χ1) is 33.8. The van der Waals surface area contributed by atoms with Gasteiger partial charge in [0.25, 0.3) is 5.91 Å². The Morgan fingerprint density at radius 1 is 1.09 bits per heavy atom. The summed E-state index contributed by atoms with van der Waals surface area (Å²) in [5, 5.41) is 7.83. The number of hydrogen-bond donors (Lipinski definition) is 2. The molecule has 5 fully saturated rings. The van der Waals surface area contributed by atoms with Crippen LogP contribution in [0.5, 0.6) is 0 Å². The summed E-state index contributed by atoms with van der Waals surface area (Å²) in [4.78, 5) is 62.4. The lowest BCUT2D eigenvalue weighted by molar-refractivity contribution is -0.173. The zero-order chi connectivity index (χ0) is 48.8. The van der Waals surface area contributed by atoms with Crippen molar-refractivity contribution < 1.29 is 42.5 Å². The van der Waals surface area contributed by atoms with Crippen molar-refractivity contribution in [2.75, 3.05) is 40.1 Å². The number of cyclic esters (lactones) is 1. The van der Waals surface area contributed by atoms with Gasteiger partial charge in [-0.05, 0) is 93.7 Å². The summed E-state index contributed by atoms with van der Waals surface area (Å²) >= 11 is 1.28. The second-order valence-electron chi connectivity index (χ2n) is 20.5. The number of thiazole rings is 1. The van der Waals surface area contributed by atoms with E-state index in [1.165, 1.54) is 29.6 Å². The minimum atomic E-state index is -1.39. The second-order valence-corrected chi connectivity index (χ2v) is 21.4. The molecule has 2 amide bonds. The van der Waals surface area contributed by atoms with Crippen molar-refractivity contribution in [2.24, 2.45) is 23.2 Å². The van der Waals surface area contributed by atoms with Crippen LogP contribution >= 0.6 is 11.3 Å². The van der Waals surface area contributed by atoms with Crippen LogP contribution < -0.4 is 10.7 Å². The third-order valence-corrected chi connectivity index (χ3v) is 15.8. The number of carbonyl (C=O) groups excluding carboxylic acids is 3. The number of pyridine rings is 1. The number of hydrogen-bond acceptors (Lipinski definition) is 14. The zero-order valence-electron chi connectivity index (χ0n) is 40.6. The molecule has 18 heteroatoms. The van der Waals surface area contributed by atoms with Gasteiger partial charge in [-0.25, -0.2) is 24.8 Å². The fraction of sp³-hybridized carbons (Fsp3) is 0.558. The Hall–Kier alpha value is -5.24. The van der Waals surface area contributed by atoms with Crippen molar-refractivity contribution in [1.29, 1.82) is 0 Å². The maximum atomic E-state index is 15.2. The van der Waals surface area contributed by atoms with Gasteiger partial charge >= 0.3 is 5.97 Å². The van der Waals surface area contributed by atoms with E-state index in [1.807, 2.05) is 31.4 Å². The van der Waals surface area contributed by atoms with Gasteiger partial charge in [0, 0.05) is 95.7 Å². The van der Waals surface area contributed by atoms with Crippen LogP contribution in [0, 0.1) is 23.2 Å². The number of ether oxygens (including phenoxy) is 5. The lowest BCUT2D eigenvalue weighted by atomic mass is 9.73. The number of esters is 1. The second kappa shape index (κ2) is 20.1. The summed E-state index contributed by atoms with van der Waals surface area (Å²) in [7, 11) is 1.68. The predicted molar refractivity (Wildman–Crippen MR) is 259 cm³/mol. The summed E-state index contributed by atoms with van der Waals surface area (Å²) in [6.45, 7) is 11.7. The summed E-state index contributed by atoms with van der Waals surface area (Å²) in [5.74, 6) is -2.10. The summed E-state index contributed by atoms with van der Waals surface area (Å²) in [5.41, 5.74) is 9.56. The van der Waals surface area contributed by atoms with Crippen LogP contribution in [-0.4, -0.2) is 118 Å². The van der Waals surface area contributed by atoms with Crippen LogP contribution in [-0.2, 0) is 51.0 Å². The van der Waals surface area contributed by atoms with Crippen LogP contribution in [0.4, 0.5) is 4.39 Å². The number of fused-ring (bicyclic) bond motifs is 4. The zero-order valence-corrected chi connectivity index (χ0v) is 41.5. The quantitative estimate of drug-likeness (QED) is 0.114. The highest BCUT2D eigenvalue weighted by molar-refractivity contribution is 7.10. The maximum Gasteiger partial charge on any atom is 0.325 e. The van der Waals surface area contributed by atoms with Crippen molar-refractivity contribution in [1.82, 2.24) is 40.3 Å². The molecule has 6 aliphatic rings. The molecule has 70 heavy (non-hydrogen) atoms. The van der Waals surface area contributed by atoms with E-state index in [2.05, 4.69) is 57.3 Å². The number of aromatic nitrogens is 5. The number of benzene rings is 1. The number of amides is 2. The number of nitrogens with zero attached hydrogens (tertiary/aromatic N) is 6. The normalized spacial score (nSPS) is 27.6. The Morgan fingerprint density at radius 2 is 1.90 bits per heavy atom. The Balaban J connectivity index is 1.10. The average Bonchev–Trinajstić information content (AvgIpc) is 3.63. The maximum absolute atomic E-state index is 15.2. The number of methoxy groups -OCH3 is 1. The highest BCUT2D eigenvalue weighted by atomic mass is 32.1. The molecule has 0 radical (unpaired) electrons. The van der Waals surface area contributed by atoms with E-state index < -0.39 is 47.6 Å². The van der Waals surface area contributed by atoms with Gasteiger partial charge in [-0.1, -0.05) is 26.8 Å². The van der Waals surface area contributed by atoms with Crippen molar-refractivity contribution in [2.45, 2.75) is 122 Å². The smallest absolute Gasteiger partial charge is 0.325 e. The SMILES string of the molecule is CO[C@@H](C)c1ncccc1-c1c2c3cc(ccc3n1CCOC1CCOCC1)-c1csc(n1)[C@@H](OC[C@H](C)F)[C@H](NC(=O)[C@@H]1[C@@H](C)[C@H]1c1ccncn1)C(=O)N1N[C@H](C(=O)OCC(C)(C)C2)C2CC1C2. The molecule has 0 unspecified atom stereocenters. The van der Waals surface area contributed by atoms with Gasteiger partial charge in [-0.3, -0.25) is 24.4 Å². The van der Waals surface area contributed by atoms with Crippen LogP contribution in [0.3, 0.4) is 0 Å². The van der Waals surface area contributed by atoms with Crippen LogP contribution in [0.15, 0.2) is 60.5 Å². The van der Waals surface area contributed by atoms with Gasteiger partial charge in [-0.15, -0.1) is 11.3 Å². The van der Waals surface area contributed by atoms with Gasteiger partial charge < -0.3 is 33.6 Å². The number of carbonyl (C=O) groups is 3. The molecule has 5 aromatic rings.